The van der Waals surface area contributed by atoms with Crippen molar-refractivity contribution in [2.75, 3.05) is 31.8 Å². The van der Waals surface area contributed by atoms with Gasteiger partial charge in [-0.25, -0.2) is 4.79 Å². The average molecular weight is 537 g/mol. The number of hydrogen-bond donors (Lipinski definition) is 1. The van der Waals surface area contributed by atoms with Gasteiger partial charge in [0, 0.05) is 42.4 Å². The number of nitrogens with one attached hydrogen (secondary N) is 1. The number of rotatable bonds is 10. The molecule has 39 heavy (non-hydrogen) atoms. The zero-order valence-corrected chi connectivity index (χ0v) is 23.5. The summed E-state index contributed by atoms with van der Waals surface area (Å²) in [6.45, 7) is 9.49. The molecule has 0 unspecified atom stereocenters. The highest BCUT2D eigenvalue weighted by Crippen LogP contribution is 2.54. The Hall–Kier alpha value is -3.20. The van der Waals surface area contributed by atoms with Crippen LogP contribution in [-0.2, 0) is 9.47 Å². The molecule has 1 aromatic heterocycles. The minimum atomic E-state index is -0.522. The van der Waals surface area contributed by atoms with Crippen molar-refractivity contribution in [3.8, 4) is 17.0 Å². The van der Waals surface area contributed by atoms with Gasteiger partial charge >= 0.3 is 6.09 Å². The standard InChI is InChI=1S/C30H40N4O5/c1-5-37-18-38-24-15-19(17-35)8-13-23(24)27-25(20-9-10-20)26(21-11-12-21)28(33-32-27)31-22-7-6-14-34(16-22)29(36)39-30(2,3)4/h8,13,15,17,20-22H,5-7,9-12,14,16,18H2,1-4H3,(H,31,33)/t22-/m1/s1. The molecule has 1 atom stereocenters. The highest BCUT2D eigenvalue weighted by atomic mass is 16.7. The minimum Gasteiger partial charge on any atom is -0.467 e. The maximum Gasteiger partial charge on any atom is 0.410 e. The molecule has 2 aromatic rings. The smallest absolute Gasteiger partial charge is 0.410 e. The molecule has 1 saturated heterocycles. The van der Waals surface area contributed by atoms with Crippen LogP contribution >= 0.6 is 0 Å². The van der Waals surface area contributed by atoms with Crippen LogP contribution in [0.2, 0.25) is 0 Å². The molecule has 3 aliphatic rings. The van der Waals surface area contributed by atoms with Gasteiger partial charge in [0.2, 0.25) is 0 Å². The Morgan fingerprint density at radius 3 is 2.51 bits per heavy atom. The quantitative estimate of drug-likeness (QED) is 0.228. The fourth-order valence-corrected chi connectivity index (χ4v) is 5.24. The van der Waals surface area contributed by atoms with Crippen molar-refractivity contribution in [3.63, 3.8) is 0 Å². The first-order chi connectivity index (χ1) is 18.8. The minimum absolute atomic E-state index is 0.0768. The predicted octanol–water partition coefficient (Wildman–Crippen LogP) is 5.90. The van der Waals surface area contributed by atoms with E-state index in [2.05, 4.69) is 5.32 Å². The molecule has 2 aliphatic carbocycles. The summed E-state index contributed by atoms with van der Waals surface area (Å²) in [7, 11) is 0. The molecule has 9 heteroatoms. The number of likely N-dealkylation sites (tertiary alicyclic amines) is 1. The molecule has 0 bridgehead atoms. The topological polar surface area (TPSA) is 103 Å². The zero-order chi connectivity index (χ0) is 27.6. The zero-order valence-electron chi connectivity index (χ0n) is 23.5. The summed E-state index contributed by atoms with van der Waals surface area (Å²) >= 11 is 0. The van der Waals surface area contributed by atoms with E-state index in [-0.39, 0.29) is 18.9 Å². The number of anilines is 1. The molecule has 210 valence electrons. The van der Waals surface area contributed by atoms with Gasteiger partial charge in [-0.05, 0) is 95.8 Å². The highest BCUT2D eigenvalue weighted by Gasteiger charge is 2.39. The lowest BCUT2D eigenvalue weighted by Gasteiger charge is -2.35. The highest BCUT2D eigenvalue weighted by molar-refractivity contribution is 5.81. The summed E-state index contributed by atoms with van der Waals surface area (Å²) < 4.78 is 17.0. The van der Waals surface area contributed by atoms with Crippen LogP contribution in [0.5, 0.6) is 5.75 Å². The summed E-state index contributed by atoms with van der Waals surface area (Å²) in [4.78, 5) is 26.0. The maximum absolute atomic E-state index is 12.7. The van der Waals surface area contributed by atoms with E-state index < -0.39 is 5.60 Å². The summed E-state index contributed by atoms with van der Waals surface area (Å²) in [5, 5.41) is 13.2. The van der Waals surface area contributed by atoms with Gasteiger partial charge in [-0.15, -0.1) is 10.2 Å². The third kappa shape index (κ3) is 6.69. The van der Waals surface area contributed by atoms with E-state index >= 15 is 0 Å². The third-order valence-electron chi connectivity index (χ3n) is 7.33. The molecule has 5 rings (SSSR count). The molecule has 2 saturated carbocycles. The SMILES string of the molecule is CCOCOc1cc(C=O)ccc1-c1nnc(N[C@@H]2CCCN(C(=O)OC(C)(C)C)C2)c(C2CC2)c1C1CC1. The van der Waals surface area contributed by atoms with Crippen LogP contribution in [0, 0.1) is 0 Å². The molecule has 1 N–H and O–H groups in total. The number of nitrogens with zero attached hydrogens (tertiary/aromatic N) is 3. The van der Waals surface area contributed by atoms with E-state index in [1.54, 1.807) is 17.0 Å². The summed E-state index contributed by atoms with van der Waals surface area (Å²) in [5.41, 5.74) is 4.18. The molecule has 3 fully saturated rings. The van der Waals surface area contributed by atoms with Gasteiger partial charge in [0.05, 0.1) is 0 Å². The van der Waals surface area contributed by atoms with Gasteiger partial charge in [0.15, 0.2) is 12.6 Å². The van der Waals surface area contributed by atoms with Crippen LogP contribution in [0.1, 0.15) is 99.5 Å². The number of piperidine rings is 1. The summed E-state index contributed by atoms with van der Waals surface area (Å²) in [6, 6.07) is 5.53. The number of aromatic nitrogens is 2. The average Bonchev–Trinajstić information content (AvgIpc) is 3.81. The van der Waals surface area contributed by atoms with Crippen molar-refractivity contribution in [2.45, 2.75) is 89.7 Å². The molecular weight excluding hydrogens is 496 g/mol. The van der Waals surface area contributed by atoms with E-state index in [4.69, 9.17) is 24.4 Å². The third-order valence-corrected chi connectivity index (χ3v) is 7.33. The lowest BCUT2D eigenvalue weighted by Crippen LogP contribution is -2.47. The number of amides is 1. The van der Waals surface area contributed by atoms with Gasteiger partial charge in [0.1, 0.15) is 23.3 Å². The normalized spacial score (nSPS) is 19.5. The van der Waals surface area contributed by atoms with Crippen molar-refractivity contribution >= 4 is 18.2 Å². The molecule has 1 aliphatic heterocycles. The lowest BCUT2D eigenvalue weighted by atomic mass is 9.94. The van der Waals surface area contributed by atoms with Gasteiger partial charge < -0.3 is 24.4 Å². The van der Waals surface area contributed by atoms with Crippen LogP contribution in [-0.4, -0.2) is 65.6 Å². The Kier molecular flexibility index (Phi) is 8.07. The van der Waals surface area contributed by atoms with E-state index in [1.807, 2.05) is 33.8 Å². The van der Waals surface area contributed by atoms with Crippen molar-refractivity contribution in [3.05, 3.63) is 34.9 Å². The molecule has 2 heterocycles. The Morgan fingerprint density at radius 2 is 1.85 bits per heavy atom. The first-order valence-corrected chi connectivity index (χ1v) is 14.2. The van der Waals surface area contributed by atoms with Crippen molar-refractivity contribution in [1.29, 1.82) is 0 Å². The summed E-state index contributed by atoms with van der Waals surface area (Å²) in [6.07, 6.45) is 6.91. The fourth-order valence-electron chi connectivity index (χ4n) is 5.24. The first-order valence-electron chi connectivity index (χ1n) is 14.2. The van der Waals surface area contributed by atoms with Crippen LogP contribution in [0.4, 0.5) is 10.6 Å². The van der Waals surface area contributed by atoms with Crippen molar-refractivity contribution < 1.29 is 23.8 Å². The van der Waals surface area contributed by atoms with Crippen LogP contribution < -0.4 is 10.1 Å². The van der Waals surface area contributed by atoms with E-state index in [0.29, 0.717) is 42.8 Å². The van der Waals surface area contributed by atoms with Crippen molar-refractivity contribution in [2.24, 2.45) is 0 Å². The second-order valence-corrected chi connectivity index (χ2v) is 11.8. The largest absolute Gasteiger partial charge is 0.467 e. The molecule has 1 amide bonds. The number of carbonyl (C=O) groups is 2. The Balaban J connectivity index is 1.45. The number of aldehydes is 1. The van der Waals surface area contributed by atoms with Crippen LogP contribution in [0.25, 0.3) is 11.3 Å². The lowest BCUT2D eigenvalue weighted by molar-refractivity contribution is 0.0205. The van der Waals surface area contributed by atoms with Gasteiger partial charge in [0.25, 0.3) is 0 Å². The number of ether oxygens (including phenoxy) is 3. The molecule has 9 nitrogen and oxygen atoms in total. The monoisotopic (exact) mass is 536 g/mol. The van der Waals surface area contributed by atoms with E-state index in [1.165, 1.54) is 11.1 Å². The van der Waals surface area contributed by atoms with Crippen LogP contribution in [0.3, 0.4) is 0 Å². The first kappa shape index (κ1) is 27.4. The number of benzene rings is 1. The second kappa shape index (κ2) is 11.5. The fraction of sp³-hybridized carbons (Fsp3) is 0.600. The predicted molar refractivity (Wildman–Crippen MR) is 148 cm³/mol. The van der Waals surface area contributed by atoms with Crippen molar-refractivity contribution in [1.82, 2.24) is 15.1 Å². The Bertz CT molecular complexity index is 1200. The maximum atomic E-state index is 12.7. The molecule has 0 spiro atoms. The van der Waals surface area contributed by atoms with Gasteiger partial charge in [-0.2, -0.15) is 0 Å². The van der Waals surface area contributed by atoms with E-state index in [0.717, 1.165) is 61.9 Å². The molecule has 0 radical (unpaired) electrons. The Labute approximate surface area is 230 Å². The number of carbonyl (C=O) groups excluding carboxylic acids is 2. The van der Waals surface area contributed by atoms with Gasteiger partial charge in [-0.3, -0.25) is 4.79 Å². The second-order valence-electron chi connectivity index (χ2n) is 11.8. The van der Waals surface area contributed by atoms with E-state index in [9.17, 15) is 9.59 Å². The van der Waals surface area contributed by atoms with Crippen LogP contribution in [0.15, 0.2) is 18.2 Å². The summed E-state index contributed by atoms with van der Waals surface area (Å²) in [5.74, 6) is 2.29. The van der Waals surface area contributed by atoms with Gasteiger partial charge in [-0.1, -0.05) is 6.07 Å². The molecular formula is C30H40N4O5. The molecule has 1 aromatic carbocycles. The Morgan fingerprint density at radius 1 is 1.10 bits per heavy atom. The number of hydrogen-bond acceptors (Lipinski definition) is 8.